The van der Waals surface area contributed by atoms with Crippen molar-refractivity contribution in [2.45, 2.75) is 32.7 Å². The highest BCUT2D eigenvalue weighted by Gasteiger charge is 2.40. The minimum atomic E-state index is -0.316. The van der Waals surface area contributed by atoms with Gasteiger partial charge >= 0.3 is 0 Å². The zero-order valence-corrected chi connectivity index (χ0v) is 20.0. The molecule has 1 unspecified atom stereocenters. The standard InChI is InChI=1S/C29H29N3O2/c1-18(2)20-13-15-21(16-14-20)30-26(33)17-32-28(22-9-5-6-10-23(22)29(32)34)27-19(3)31(4)25-12-8-7-11-24(25)27/h5-16,18,28H,17H2,1-4H3,(H,30,33). The minimum Gasteiger partial charge on any atom is -0.348 e. The SMILES string of the molecule is Cc1c(C2c3ccccc3C(=O)N2CC(=O)Nc2ccc(C(C)C)cc2)c2ccccc2n1C. The van der Waals surface area contributed by atoms with Gasteiger partial charge in [0.05, 0.1) is 6.04 Å². The third-order valence-electron chi connectivity index (χ3n) is 6.96. The maximum Gasteiger partial charge on any atom is 0.255 e. The Balaban J connectivity index is 1.51. The lowest BCUT2D eigenvalue weighted by atomic mass is 9.95. The number of benzene rings is 3. The normalized spacial score (nSPS) is 15.3. The Kier molecular flexibility index (Phi) is 5.48. The van der Waals surface area contributed by atoms with E-state index in [0.29, 0.717) is 11.5 Å². The maximum atomic E-state index is 13.5. The van der Waals surface area contributed by atoms with Crippen molar-refractivity contribution in [2.75, 3.05) is 11.9 Å². The van der Waals surface area contributed by atoms with Crippen molar-refractivity contribution < 1.29 is 9.59 Å². The van der Waals surface area contributed by atoms with Crippen LogP contribution in [0.4, 0.5) is 5.69 Å². The molecule has 2 amide bonds. The molecule has 172 valence electrons. The second-order valence-electron chi connectivity index (χ2n) is 9.32. The molecule has 5 rings (SSSR count). The van der Waals surface area contributed by atoms with Gasteiger partial charge < -0.3 is 14.8 Å². The first-order valence-electron chi connectivity index (χ1n) is 11.7. The van der Waals surface area contributed by atoms with Gasteiger partial charge in [0.1, 0.15) is 6.54 Å². The molecule has 0 fully saturated rings. The Bertz CT molecular complexity index is 1400. The topological polar surface area (TPSA) is 54.3 Å². The van der Waals surface area contributed by atoms with E-state index in [1.807, 2.05) is 67.7 Å². The fourth-order valence-corrected chi connectivity index (χ4v) is 5.05. The van der Waals surface area contributed by atoms with Crippen LogP contribution in [0.2, 0.25) is 0 Å². The van der Waals surface area contributed by atoms with Gasteiger partial charge in [-0.15, -0.1) is 0 Å². The number of fused-ring (bicyclic) bond motifs is 2. The number of nitrogens with one attached hydrogen (secondary N) is 1. The van der Waals surface area contributed by atoms with E-state index < -0.39 is 0 Å². The van der Waals surface area contributed by atoms with Crippen molar-refractivity contribution in [3.05, 3.63) is 101 Å². The van der Waals surface area contributed by atoms with Crippen molar-refractivity contribution in [3.8, 4) is 0 Å². The molecular weight excluding hydrogens is 422 g/mol. The van der Waals surface area contributed by atoms with Crippen LogP contribution in [0.25, 0.3) is 10.9 Å². The first-order chi connectivity index (χ1) is 16.4. The smallest absolute Gasteiger partial charge is 0.255 e. The van der Waals surface area contributed by atoms with Crippen molar-refractivity contribution >= 4 is 28.4 Å². The van der Waals surface area contributed by atoms with Crippen LogP contribution in [0.3, 0.4) is 0 Å². The van der Waals surface area contributed by atoms with E-state index in [-0.39, 0.29) is 24.4 Å². The summed E-state index contributed by atoms with van der Waals surface area (Å²) >= 11 is 0. The number of rotatable bonds is 5. The zero-order valence-electron chi connectivity index (χ0n) is 20.0. The molecule has 0 bridgehead atoms. The van der Waals surface area contributed by atoms with Gasteiger partial charge in [0, 0.05) is 40.5 Å². The maximum absolute atomic E-state index is 13.5. The van der Waals surface area contributed by atoms with Gasteiger partial charge in [-0.1, -0.05) is 62.4 Å². The summed E-state index contributed by atoms with van der Waals surface area (Å²) in [5, 5.41) is 4.08. The quantitative estimate of drug-likeness (QED) is 0.417. The van der Waals surface area contributed by atoms with Gasteiger partial charge in [-0.3, -0.25) is 9.59 Å². The summed E-state index contributed by atoms with van der Waals surface area (Å²) in [6.07, 6.45) is 0. The number of carbonyl (C=O) groups is 2. The molecule has 5 heteroatoms. The van der Waals surface area contributed by atoms with E-state index in [1.165, 1.54) is 5.56 Å². The summed E-state index contributed by atoms with van der Waals surface area (Å²) in [4.78, 5) is 28.3. The average Bonchev–Trinajstić information content (AvgIpc) is 3.24. The monoisotopic (exact) mass is 451 g/mol. The lowest BCUT2D eigenvalue weighted by molar-refractivity contribution is -0.117. The third kappa shape index (κ3) is 3.58. The summed E-state index contributed by atoms with van der Waals surface area (Å²) in [6, 6.07) is 23.5. The first-order valence-corrected chi connectivity index (χ1v) is 11.7. The highest BCUT2D eigenvalue weighted by molar-refractivity contribution is 6.04. The predicted octanol–water partition coefficient (Wildman–Crippen LogP) is 5.79. The molecule has 0 aliphatic carbocycles. The molecule has 3 aromatic carbocycles. The fourth-order valence-electron chi connectivity index (χ4n) is 5.05. The van der Waals surface area contributed by atoms with Crippen LogP contribution >= 0.6 is 0 Å². The number of aromatic nitrogens is 1. The Labute approximate surface area is 200 Å². The Morgan fingerprint density at radius 2 is 1.65 bits per heavy atom. The van der Waals surface area contributed by atoms with Gasteiger partial charge in [-0.25, -0.2) is 0 Å². The number of carbonyl (C=O) groups excluding carboxylic acids is 2. The first kappa shape index (κ1) is 22.0. The van der Waals surface area contributed by atoms with E-state index in [2.05, 4.69) is 42.8 Å². The number of nitrogens with zero attached hydrogens (tertiary/aromatic N) is 2. The average molecular weight is 452 g/mol. The molecule has 1 N–H and O–H groups in total. The van der Waals surface area contributed by atoms with Crippen LogP contribution in [0.5, 0.6) is 0 Å². The number of para-hydroxylation sites is 1. The van der Waals surface area contributed by atoms with Gasteiger partial charge in [0.2, 0.25) is 5.91 Å². The van der Waals surface area contributed by atoms with E-state index in [4.69, 9.17) is 0 Å². The molecule has 0 saturated carbocycles. The molecule has 34 heavy (non-hydrogen) atoms. The molecule has 5 nitrogen and oxygen atoms in total. The number of anilines is 1. The lowest BCUT2D eigenvalue weighted by Gasteiger charge is -2.26. The molecule has 0 radical (unpaired) electrons. The lowest BCUT2D eigenvalue weighted by Crippen LogP contribution is -2.36. The molecule has 1 aliphatic rings. The van der Waals surface area contributed by atoms with Crippen LogP contribution in [0.1, 0.15) is 58.5 Å². The van der Waals surface area contributed by atoms with Crippen LogP contribution < -0.4 is 5.32 Å². The van der Waals surface area contributed by atoms with Crippen LogP contribution in [-0.4, -0.2) is 27.8 Å². The Hall–Kier alpha value is -3.86. The number of aryl methyl sites for hydroxylation is 1. The summed E-state index contributed by atoms with van der Waals surface area (Å²) in [7, 11) is 2.04. The molecule has 4 aromatic rings. The number of hydrogen-bond donors (Lipinski definition) is 1. The molecular formula is C29H29N3O2. The summed E-state index contributed by atoms with van der Waals surface area (Å²) < 4.78 is 2.16. The highest BCUT2D eigenvalue weighted by Crippen LogP contribution is 2.43. The van der Waals surface area contributed by atoms with E-state index in [1.54, 1.807) is 4.90 Å². The third-order valence-corrected chi connectivity index (χ3v) is 6.96. The van der Waals surface area contributed by atoms with E-state index >= 15 is 0 Å². The molecule has 2 heterocycles. The minimum absolute atomic E-state index is 0.0211. The van der Waals surface area contributed by atoms with Gasteiger partial charge in [-0.2, -0.15) is 0 Å². The summed E-state index contributed by atoms with van der Waals surface area (Å²) in [6.45, 7) is 6.33. The summed E-state index contributed by atoms with van der Waals surface area (Å²) in [5.74, 6) is 0.106. The van der Waals surface area contributed by atoms with Gasteiger partial charge in [-0.05, 0) is 48.2 Å². The second-order valence-corrected chi connectivity index (χ2v) is 9.32. The molecule has 0 spiro atoms. The van der Waals surface area contributed by atoms with Crippen LogP contribution in [0, 0.1) is 6.92 Å². The molecule has 1 aromatic heterocycles. The number of hydrogen-bond acceptors (Lipinski definition) is 2. The van der Waals surface area contributed by atoms with Crippen molar-refractivity contribution in [2.24, 2.45) is 7.05 Å². The second kappa shape index (κ2) is 8.49. The van der Waals surface area contributed by atoms with E-state index in [0.717, 1.165) is 33.4 Å². The Morgan fingerprint density at radius 1 is 0.971 bits per heavy atom. The van der Waals surface area contributed by atoms with Gasteiger partial charge in [0.15, 0.2) is 0 Å². The van der Waals surface area contributed by atoms with Crippen molar-refractivity contribution in [3.63, 3.8) is 0 Å². The summed E-state index contributed by atoms with van der Waals surface area (Å²) in [5.41, 5.74) is 6.83. The predicted molar refractivity (Wildman–Crippen MR) is 136 cm³/mol. The fraction of sp³-hybridized carbons (Fsp3) is 0.241. The van der Waals surface area contributed by atoms with Crippen LogP contribution in [0.15, 0.2) is 72.8 Å². The largest absolute Gasteiger partial charge is 0.348 e. The molecule has 0 saturated heterocycles. The molecule has 1 atom stereocenters. The van der Waals surface area contributed by atoms with Crippen molar-refractivity contribution in [1.82, 2.24) is 9.47 Å². The van der Waals surface area contributed by atoms with Crippen LogP contribution in [-0.2, 0) is 11.8 Å². The Morgan fingerprint density at radius 3 is 2.38 bits per heavy atom. The highest BCUT2D eigenvalue weighted by atomic mass is 16.2. The zero-order chi connectivity index (χ0) is 24.0. The number of amides is 2. The van der Waals surface area contributed by atoms with E-state index in [9.17, 15) is 9.59 Å². The molecule has 1 aliphatic heterocycles. The van der Waals surface area contributed by atoms with Gasteiger partial charge in [0.25, 0.3) is 5.91 Å². The van der Waals surface area contributed by atoms with Crippen molar-refractivity contribution in [1.29, 1.82) is 0 Å².